The maximum absolute atomic E-state index is 5.48. The van der Waals surface area contributed by atoms with Gasteiger partial charge in [0.25, 0.3) is 0 Å². The molecule has 1 atom stereocenters. The van der Waals surface area contributed by atoms with Crippen molar-refractivity contribution in [2.75, 3.05) is 18.4 Å². The average molecular weight is 262 g/mol. The van der Waals surface area contributed by atoms with Crippen molar-refractivity contribution >= 4 is 23.0 Å². The lowest BCUT2D eigenvalue weighted by Crippen LogP contribution is -2.41. The van der Waals surface area contributed by atoms with Gasteiger partial charge in [0, 0.05) is 18.8 Å². The lowest BCUT2D eigenvalue weighted by molar-refractivity contribution is 0.276. The van der Waals surface area contributed by atoms with Crippen LogP contribution in [0.1, 0.15) is 32.3 Å². The van der Waals surface area contributed by atoms with Crippen LogP contribution >= 0.6 is 12.2 Å². The largest absolute Gasteiger partial charge is 0.349 e. The molecule has 1 N–H and O–H groups in total. The van der Waals surface area contributed by atoms with Crippen molar-refractivity contribution in [2.45, 2.75) is 33.1 Å². The first-order chi connectivity index (χ1) is 8.69. The first kappa shape index (κ1) is 13.3. The quantitative estimate of drug-likeness (QED) is 0.819. The fourth-order valence-corrected chi connectivity index (χ4v) is 2.68. The van der Waals surface area contributed by atoms with Gasteiger partial charge < -0.3 is 10.2 Å². The van der Waals surface area contributed by atoms with E-state index in [1.165, 1.54) is 18.4 Å². The van der Waals surface area contributed by atoms with Gasteiger partial charge in [0.05, 0.1) is 0 Å². The molecule has 0 spiro atoms. The van der Waals surface area contributed by atoms with Gasteiger partial charge in [0.2, 0.25) is 0 Å². The maximum atomic E-state index is 5.48. The van der Waals surface area contributed by atoms with Gasteiger partial charge in [0.1, 0.15) is 0 Å². The Morgan fingerprint density at radius 2 is 2.11 bits per heavy atom. The van der Waals surface area contributed by atoms with Crippen molar-refractivity contribution in [3.8, 4) is 0 Å². The molecule has 0 unspecified atom stereocenters. The van der Waals surface area contributed by atoms with Crippen LogP contribution in [0.3, 0.4) is 0 Å². The summed E-state index contributed by atoms with van der Waals surface area (Å²) >= 11 is 5.48. The van der Waals surface area contributed by atoms with E-state index in [0.717, 1.165) is 36.2 Å². The first-order valence-corrected chi connectivity index (χ1v) is 7.24. The topological polar surface area (TPSA) is 15.3 Å². The van der Waals surface area contributed by atoms with Gasteiger partial charge in [-0.05, 0) is 55.1 Å². The number of likely N-dealkylation sites (tertiary alicyclic amines) is 1. The molecule has 0 aliphatic carbocycles. The highest BCUT2D eigenvalue weighted by Crippen LogP contribution is 2.17. The zero-order chi connectivity index (χ0) is 13.0. The Kier molecular flexibility index (Phi) is 4.59. The maximum Gasteiger partial charge on any atom is 0.173 e. The summed E-state index contributed by atoms with van der Waals surface area (Å²) in [6, 6.07) is 8.53. The highest BCUT2D eigenvalue weighted by Gasteiger charge is 2.18. The number of aryl methyl sites for hydroxylation is 1. The van der Waals surface area contributed by atoms with E-state index >= 15 is 0 Å². The minimum Gasteiger partial charge on any atom is -0.349 e. The smallest absolute Gasteiger partial charge is 0.173 e. The molecule has 3 heteroatoms. The van der Waals surface area contributed by atoms with E-state index in [4.69, 9.17) is 12.2 Å². The van der Waals surface area contributed by atoms with E-state index in [9.17, 15) is 0 Å². The summed E-state index contributed by atoms with van der Waals surface area (Å²) in [7, 11) is 0. The number of hydrogen-bond donors (Lipinski definition) is 1. The van der Waals surface area contributed by atoms with Crippen LogP contribution in [-0.2, 0) is 6.42 Å². The predicted octanol–water partition coefficient (Wildman–Crippen LogP) is 3.68. The van der Waals surface area contributed by atoms with Gasteiger partial charge in [-0.25, -0.2) is 0 Å². The van der Waals surface area contributed by atoms with Crippen LogP contribution in [-0.4, -0.2) is 23.1 Å². The van der Waals surface area contributed by atoms with Gasteiger partial charge in [-0.15, -0.1) is 0 Å². The summed E-state index contributed by atoms with van der Waals surface area (Å²) in [5.74, 6) is 0.751. The molecule has 0 radical (unpaired) electrons. The summed E-state index contributed by atoms with van der Waals surface area (Å²) < 4.78 is 0. The van der Waals surface area contributed by atoms with Gasteiger partial charge in [-0.3, -0.25) is 0 Å². The second-order valence-electron chi connectivity index (χ2n) is 5.17. The Morgan fingerprint density at radius 1 is 1.39 bits per heavy atom. The molecule has 1 fully saturated rings. The molecule has 1 aromatic carbocycles. The van der Waals surface area contributed by atoms with Crippen LogP contribution in [0.25, 0.3) is 0 Å². The summed E-state index contributed by atoms with van der Waals surface area (Å²) in [6.45, 7) is 6.63. The van der Waals surface area contributed by atoms with E-state index in [1.807, 2.05) is 0 Å². The summed E-state index contributed by atoms with van der Waals surface area (Å²) in [5.41, 5.74) is 2.45. The standard InChI is InChI=1S/C15H22N2S/c1-3-13-6-8-14(9-7-13)16-15(18)17-10-4-5-12(2)11-17/h6-9,12H,3-5,10-11H2,1-2H3,(H,16,18)/t12-/m1/s1. The zero-order valence-electron chi connectivity index (χ0n) is 11.3. The lowest BCUT2D eigenvalue weighted by Gasteiger charge is -2.33. The van der Waals surface area contributed by atoms with Crippen LogP contribution in [0, 0.1) is 5.92 Å². The van der Waals surface area contributed by atoms with E-state index < -0.39 is 0 Å². The predicted molar refractivity (Wildman–Crippen MR) is 82.0 cm³/mol. The molecular formula is C15H22N2S. The fourth-order valence-electron chi connectivity index (χ4n) is 2.40. The fraction of sp³-hybridized carbons (Fsp3) is 0.533. The van der Waals surface area contributed by atoms with E-state index in [2.05, 4.69) is 48.3 Å². The van der Waals surface area contributed by atoms with Crippen LogP contribution in [0.4, 0.5) is 5.69 Å². The summed E-state index contributed by atoms with van der Waals surface area (Å²) in [4.78, 5) is 2.29. The SMILES string of the molecule is CCc1ccc(NC(=S)N2CCC[C@@H](C)C2)cc1. The van der Waals surface area contributed by atoms with Crippen molar-refractivity contribution in [1.29, 1.82) is 0 Å². The normalized spacial score (nSPS) is 19.7. The number of anilines is 1. The average Bonchev–Trinajstić information content (AvgIpc) is 2.39. The molecule has 0 saturated carbocycles. The van der Waals surface area contributed by atoms with Crippen molar-refractivity contribution in [1.82, 2.24) is 4.90 Å². The third-order valence-corrected chi connectivity index (χ3v) is 3.92. The number of thiocarbonyl (C=S) groups is 1. The molecule has 98 valence electrons. The third kappa shape index (κ3) is 3.45. The number of rotatable bonds is 2. The molecular weight excluding hydrogens is 240 g/mol. The molecule has 18 heavy (non-hydrogen) atoms. The number of piperidine rings is 1. The second-order valence-corrected chi connectivity index (χ2v) is 5.56. The van der Waals surface area contributed by atoms with Gasteiger partial charge >= 0.3 is 0 Å². The highest BCUT2D eigenvalue weighted by atomic mass is 32.1. The summed E-state index contributed by atoms with van der Waals surface area (Å²) in [5, 5.41) is 4.21. The van der Waals surface area contributed by atoms with Gasteiger partial charge in [-0.1, -0.05) is 26.0 Å². The number of nitrogens with one attached hydrogen (secondary N) is 1. The third-order valence-electron chi connectivity index (χ3n) is 3.56. The van der Waals surface area contributed by atoms with Crippen LogP contribution < -0.4 is 5.32 Å². The van der Waals surface area contributed by atoms with E-state index in [1.54, 1.807) is 0 Å². The molecule has 0 amide bonds. The molecule has 1 aromatic rings. The van der Waals surface area contributed by atoms with Crippen molar-refractivity contribution < 1.29 is 0 Å². The Bertz CT molecular complexity index is 399. The Balaban J connectivity index is 1.93. The monoisotopic (exact) mass is 262 g/mol. The van der Waals surface area contributed by atoms with Crippen molar-refractivity contribution in [2.24, 2.45) is 5.92 Å². The molecule has 1 heterocycles. The number of nitrogens with zero attached hydrogens (tertiary/aromatic N) is 1. The number of hydrogen-bond acceptors (Lipinski definition) is 1. The van der Waals surface area contributed by atoms with E-state index in [0.29, 0.717) is 0 Å². The Hall–Kier alpha value is -1.09. The van der Waals surface area contributed by atoms with Crippen LogP contribution in [0.15, 0.2) is 24.3 Å². The minimum absolute atomic E-state index is 0.751. The molecule has 0 bridgehead atoms. The molecule has 1 aliphatic rings. The second kappa shape index (κ2) is 6.19. The Labute approximate surface area is 115 Å². The first-order valence-electron chi connectivity index (χ1n) is 6.84. The van der Waals surface area contributed by atoms with Crippen LogP contribution in [0.5, 0.6) is 0 Å². The molecule has 0 aromatic heterocycles. The lowest BCUT2D eigenvalue weighted by atomic mass is 10.0. The van der Waals surface area contributed by atoms with Crippen molar-refractivity contribution in [3.63, 3.8) is 0 Å². The van der Waals surface area contributed by atoms with Gasteiger partial charge in [-0.2, -0.15) is 0 Å². The molecule has 2 nitrogen and oxygen atoms in total. The number of benzene rings is 1. The summed E-state index contributed by atoms with van der Waals surface area (Å²) in [6.07, 6.45) is 3.65. The molecule has 1 aliphatic heterocycles. The minimum atomic E-state index is 0.751. The zero-order valence-corrected chi connectivity index (χ0v) is 12.1. The molecule has 1 saturated heterocycles. The highest BCUT2D eigenvalue weighted by molar-refractivity contribution is 7.80. The van der Waals surface area contributed by atoms with E-state index in [-0.39, 0.29) is 0 Å². The van der Waals surface area contributed by atoms with Crippen molar-refractivity contribution in [3.05, 3.63) is 29.8 Å². The van der Waals surface area contributed by atoms with Gasteiger partial charge in [0.15, 0.2) is 5.11 Å². The molecule has 2 rings (SSSR count). The Morgan fingerprint density at radius 3 is 2.72 bits per heavy atom. The van der Waals surface area contributed by atoms with Crippen LogP contribution in [0.2, 0.25) is 0 Å².